The molecule has 0 unspecified atom stereocenters. The highest BCUT2D eigenvalue weighted by Gasteiger charge is 2.35. The Morgan fingerprint density at radius 3 is 2.22 bits per heavy atom. The van der Waals surface area contributed by atoms with Crippen molar-refractivity contribution in [2.24, 2.45) is 5.41 Å². The van der Waals surface area contributed by atoms with Gasteiger partial charge in [0, 0.05) is 18.1 Å². The smallest absolute Gasteiger partial charge is 0.317 e. The second-order valence-corrected chi connectivity index (χ2v) is 7.84. The standard InChI is InChI=1S/C17H31N3O3/c1-4-20(11-15(21)22)14-9-13(10-14)19-16(23)18-12-5-7-17(2,3)8-6-12/h12-14H,4-11H2,1-3H3,(H,21,22)(H2,18,19,23). The van der Waals surface area contributed by atoms with Gasteiger partial charge in [0.25, 0.3) is 0 Å². The Bertz CT molecular complexity index is 423. The molecule has 3 N–H and O–H groups in total. The van der Waals surface area contributed by atoms with Crippen LogP contribution < -0.4 is 10.6 Å². The number of amides is 2. The second-order valence-electron chi connectivity index (χ2n) is 7.84. The fourth-order valence-electron chi connectivity index (χ4n) is 3.63. The van der Waals surface area contributed by atoms with Gasteiger partial charge in [-0.2, -0.15) is 0 Å². The van der Waals surface area contributed by atoms with Crippen molar-refractivity contribution < 1.29 is 14.7 Å². The molecule has 0 aromatic heterocycles. The van der Waals surface area contributed by atoms with Crippen molar-refractivity contribution in [3.63, 3.8) is 0 Å². The van der Waals surface area contributed by atoms with Crippen LogP contribution >= 0.6 is 0 Å². The van der Waals surface area contributed by atoms with Crippen molar-refractivity contribution in [2.75, 3.05) is 13.1 Å². The summed E-state index contributed by atoms with van der Waals surface area (Å²) in [7, 11) is 0. The van der Waals surface area contributed by atoms with Gasteiger partial charge in [0.15, 0.2) is 0 Å². The molecule has 6 heteroatoms. The van der Waals surface area contributed by atoms with Crippen molar-refractivity contribution in [1.29, 1.82) is 0 Å². The highest BCUT2D eigenvalue weighted by atomic mass is 16.4. The van der Waals surface area contributed by atoms with E-state index in [9.17, 15) is 9.59 Å². The number of hydrogen-bond acceptors (Lipinski definition) is 3. The molecule has 0 bridgehead atoms. The van der Waals surface area contributed by atoms with Crippen molar-refractivity contribution in [2.45, 2.75) is 77.4 Å². The topological polar surface area (TPSA) is 81.7 Å². The number of aliphatic carboxylic acids is 1. The van der Waals surface area contributed by atoms with Gasteiger partial charge < -0.3 is 15.7 Å². The lowest BCUT2D eigenvalue weighted by Crippen LogP contribution is -2.57. The number of hydrogen-bond donors (Lipinski definition) is 3. The summed E-state index contributed by atoms with van der Waals surface area (Å²) in [6.07, 6.45) is 6.10. The quantitative estimate of drug-likeness (QED) is 0.699. The molecule has 2 saturated carbocycles. The minimum absolute atomic E-state index is 0.0700. The third-order valence-electron chi connectivity index (χ3n) is 5.38. The van der Waals surface area contributed by atoms with Gasteiger partial charge in [-0.3, -0.25) is 9.69 Å². The van der Waals surface area contributed by atoms with Gasteiger partial charge in [-0.25, -0.2) is 4.79 Å². The maximum atomic E-state index is 12.1. The number of carboxylic acid groups (broad SMARTS) is 1. The first kappa shape index (κ1) is 18.0. The highest BCUT2D eigenvalue weighted by molar-refractivity contribution is 5.74. The maximum absolute atomic E-state index is 12.1. The van der Waals surface area contributed by atoms with E-state index in [1.165, 1.54) is 0 Å². The molecule has 2 rings (SSSR count). The SMILES string of the molecule is CCN(CC(=O)O)C1CC(NC(=O)NC2CCC(C)(C)CC2)C1. The number of rotatable bonds is 6. The average molecular weight is 325 g/mol. The summed E-state index contributed by atoms with van der Waals surface area (Å²) in [5.74, 6) is -0.791. The number of nitrogens with one attached hydrogen (secondary N) is 2. The maximum Gasteiger partial charge on any atom is 0.317 e. The first-order chi connectivity index (χ1) is 10.8. The molecule has 2 aliphatic rings. The van der Waals surface area contributed by atoms with Crippen molar-refractivity contribution in [3.8, 4) is 0 Å². The Morgan fingerprint density at radius 2 is 1.70 bits per heavy atom. The van der Waals surface area contributed by atoms with Gasteiger partial charge in [-0.05, 0) is 50.5 Å². The Labute approximate surface area is 139 Å². The summed E-state index contributed by atoms with van der Waals surface area (Å²) in [5, 5.41) is 15.0. The Balaban J connectivity index is 1.65. The molecular weight excluding hydrogens is 294 g/mol. The van der Waals surface area contributed by atoms with Gasteiger partial charge in [-0.15, -0.1) is 0 Å². The molecule has 2 fully saturated rings. The van der Waals surface area contributed by atoms with E-state index in [-0.39, 0.29) is 30.7 Å². The van der Waals surface area contributed by atoms with Crippen LogP contribution in [0, 0.1) is 5.41 Å². The molecule has 0 heterocycles. The molecule has 0 saturated heterocycles. The van der Waals surface area contributed by atoms with Crippen LogP contribution in [0.1, 0.15) is 59.3 Å². The van der Waals surface area contributed by atoms with E-state index < -0.39 is 5.97 Å². The van der Waals surface area contributed by atoms with Gasteiger partial charge in [0.2, 0.25) is 0 Å². The Hall–Kier alpha value is -1.30. The first-order valence-corrected chi connectivity index (χ1v) is 8.82. The fourth-order valence-corrected chi connectivity index (χ4v) is 3.63. The molecule has 0 radical (unpaired) electrons. The number of urea groups is 1. The van der Waals surface area contributed by atoms with E-state index in [4.69, 9.17) is 5.11 Å². The molecule has 0 spiro atoms. The number of likely N-dealkylation sites (N-methyl/N-ethyl adjacent to an activating group) is 1. The second kappa shape index (κ2) is 7.51. The summed E-state index contributed by atoms with van der Waals surface area (Å²) < 4.78 is 0. The zero-order chi connectivity index (χ0) is 17.0. The van der Waals surface area contributed by atoms with Crippen LogP contribution in [-0.2, 0) is 4.79 Å². The van der Waals surface area contributed by atoms with Crippen LogP contribution in [0.4, 0.5) is 4.79 Å². The summed E-state index contributed by atoms with van der Waals surface area (Å²) in [5.41, 5.74) is 0.406. The minimum atomic E-state index is -0.791. The van der Waals surface area contributed by atoms with Crippen molar-refractivity contribution >= 4 is 12.0 Å². The van der Waals surface area contributed by atoms with E-state index in [0.717, 1.165) is 45.1 Å². The van der Waals surface area contributed by atoms with Crippen LogP contribution in [0.25, 0.3) is 0 Å². The van der Waals surface area contributed by atoms with E-state index in [1.807, 2.05) is 11.8 Å². The molecule has 0 aromatic carbocycles. The molecule has 132 valence electrons. The largest absolute Gasteiger partial charge is 0.480 e. The molecular formula is C17H31N3O3. The normalized spacial score (nSPS) is 27.3. The molecule has 2 amide bonds. The van der Waals surface area contributed by atoms with Gasteiger partial charge >= 0.3 is 12.0 Å². The third-order valence-corrected chi connectivity index (χ3v) is 5.38. The first-order valence-electron chi connectivity index (χ1n) is 8.82. The fraction of sp³-hybridized carbons (Fsp3) is 0.882. The minimum Gasteiger partial charge on any atom is -0.480 e. The molecule has 0 aromatic rings. The van der Waals surface area contributed by atoms with Crippen LogP contribution in [0.15, 0.2) is 0 Å². The number of carbonyl (C=O) groups excluding carboxylic acids is 1. The van der Waals surface area contributed by atoms with Gasteiger partial charge in [-0.1, -0.05) is 20.8 Å². The molecule has 0 atom stereocenters. The number of nitrogens with zero attached hydrogens (tertiary/aromatic N) is 1. The molecule has 6 nitrogen and oxygen atoms in total. The van der Waals surface area contributed by atoms with Crippen molar-refractivity contribution in [1.82, 2.24) is 15.5 Å². The van der Waals surface area contributed by atoms with Crippen LogP contribution in [0.5, 0.6) is 0 Å². The lowest BCUT2D eigenvalue weighted by molar-refractivity contribution is -0.139. The lowest BCUT2D eigenvalue weighted by Gasteiger charge is -2.42. The molecule has 23 heavy (non-hydrogen) atoms. The highest BCUT2D eigenvalue weighted by Crippen LogP contribution is 2.35. The third kappa shape index (κ3) is 5.37. The number of carboxylic acids is 1. The summed E-state index contributed by atoms with van der Waals surface area (Å²) in [4.78, 5) is 24.8. The van der Waals surface area contributed by atoms with E-state index >= 15 is 0 Å². The predicted molar refractivity (Wildman–Crippen MR) is 89.4 cm³/mol. The van der Waals surface area contributed by atoms with Crippen LogP contribution in [0.2, 0.25) is 0 Å². The average Bonchev–Trinajstić information content (AvgIpc) is 2.42. The lowest BCUT2D eigenvalue weighted by atomic mass is 9.75. The van der Waals surface area contributed by atoms with Gasteiger partial charge in [0.05, 0.1) is 6.54 Å². The molecule has 2 aliphatic carbocycles. The van der Waals surface area contributed by atoms with Gasteiger partial charge in [0.1, 0.15) is 0 Å². The predicted octanol–water partition coefficient (Wildman–Crippen LogP) is 2.19. The number of carbonyl (C=O) groups is 2. The van der Waals surface area contributed by atoms with E-state index in [1.54, 1.807) is 0 Å². The van der Waals surface area contributed by atoms with Crippen molar-refractivity contribution in [3.05, 3.63) is 0 Å². The van der Waals surface area contributed by atoms with E-state index in [2.05, 4.69) is 24.5 Å². The van der Waals surface area contributed by atoms with Crippen LogP contribution in [0.3, 0.4) is 0 Å². The van der Waals surface area contributed by atoms with E-state index in [0.29, 0.717) is 5.41 Å². The Morgan fingerprint density at radius 1 is 1.13 bits per heavy atom. The zero-order valence-electron chi connectivity index (χ0n) is 14.6. The molecule has 0 aliphatic heterocycles. The summed E-state index contributed by atoms with van der Waals surface area (Å²) >= 11 is 0. The van der Waals surface area contributed by atoms with Crippen LogP contribution in [-0.4, -0.2) is 53.2 Å². The zero-order valence-corrected chi connectivity index (χ0v) is 14.6. The summed E-state index contributed by atoms with van der Waals surface area (Å²) in [6.45, 7) is 7.36. The summed E-state index contributed by atoms with van der Waals surface area (Å²) in [6, 6.07) is 0.664. The monoisotopic (exact) mass is 325 g/mol. The Kier molecular flexibility index (Phi) is 5.89.